The van der Waals surface area contributed by atoms with Crippen LogP contribution in [0, 0.1) is 13.8 Å². The van der Waals surface area contributed by atoms with Gasteiger partial charge in [0.2, 0.25) is 0 Å². The van der Waals surface area contributed by atoms with E-state index in [1.165, 1.54) is 5.56 Å². The summed E-state index contributed by atoms with van der Waals surface area (Å²) in [5.41, 5.74) is 12.6. The molecule has 1 amide bonds. The SMILES string of the molecule is CCOCCCn1c(C)c(C(N)=O)c(-c2ccc(-c3ccccc3)cc2)c1C. The lowest BCUT2D eigenvalue weighted by Crippen LogP contribution is -2.13. The van der Waals surface area contributed by atoms with E-state index in [1.807, 2.05) is 32.0 Å². The number of primary amides is 1. The zero-order valence-corrected chi connectivity index (χ0v) is 16.9. The molecular weight excluding hydrogens is 348 g/mol. The van der Waals surface area contributed by atoms with Crippen molar-refractivity contribution in [3.63, 3.8) is 0 Å². The summed E-state index contributed by atoms with van der Waals surface area (Å²) in [7, 11) is 0. The molecule has 0 aliphatic carbocycles. The summed E-state index contributed by atoms with van der Waals surface area (Å²) < 4.78 is 7.63. The first-order valence-corrected chi connectivity index (χ1v) is 9.77. The number of carbonyl (C=O) groups is 1. The summed E-state index contributed by atoms with van der Waals surface area (Å²) in [5, 5.41) is 0. The monoisotopic (exact) mass is 376 g/mol. The third kappa shape index (κ3) is 4.02. The van der Waals surface area contributed by atoms with Crippen LogP contribution in [0.1, 0.15) is 35.1 Å². The van der Waals surface area contributed by atoms with Crippen LogP contribution >= 0.6 is 0 Å². The van der Waals surface area contributed by atoms with E-state index >= 15 is 0 Å². The number of carbonyl (C=O) groups excluding carboxylic acids is 1. The third-order valence-corrected chi connectivity index (χ3v) is 5.18. The number of rotatable bonds is 8. The van der Waals surface area contributed by atoms with Gasteiger partial charge in [-0.2, -0.15) is 0 Å². The van der Waals surface area contributed by atoms with Crippen LogP contribution in [0.15, 0.2) is 54.6 Å². The van der Waals surface area contributed by atoms with Gasteiger partial charge >= 0.3 is 0 Å². The van der Waals surface area contributed by atoms with Gasteiger partial charge in [0.25, 0.3) is 5.91 Å². The number of nitrogens with two attached hydrogens (primary N) is 1. The molecule has 3 rings (SSSR count). The van der Waals surface area contributed by atoms with Crippen LogP contribution in [0.25, 0.3) is 22.3 Å². The maximum absolute atomic E-state index is 12.2. The average Bonchev–Trinajstić information content (AvgIpc) is 2.96. The fourth-order valence-electron chi connectivity index (χ4n) is 3.80. The van der Waals surface area contributed by atoms with Crippen molar-refractivity contribution >= 4 is 5.91 Å². The Hall–Kier alpha value is -2.85. The second-order valence-corrected chi connectivity index (χ2v) is 6.93. The van der Waals surface area contributed by atoms with Gasteiger partial charge in [-0.15, -0.1) is 0 Å². The van der Waals surface area contributed by atoms with E-state index in [1.54, 1.807) is 0 Å². The lowest BCUT2D eigenvalue weighted by Gasteiger charge is -2.10. The minimum absolute atomic E-state index is 0.383. The Labute approximate surface area is 166 Å². The first-order valence-electron chi connectivity index (χ1n) is 9.77. The second-order valence-electron chi connectivity index (χ2n) is 6.93. The lowest BCUT2D eigenvalue weighted by molar-refractivity contribution is 0.1000. The lowest BCUT2D eigenvalue weighted by atomic mass is 9.97. The fraction of sp³-hybridized carbons (Fsp3) is 0.292. The summed E-state index contributed by atoms with van der Waals surface area (Å²) in [5.74, 6) is -0.383. The number of ether oxygens (including phenoxy) is 1. The number of aromatic nitrogens is 1. The van der Waals surface area contributed by atoms with E-state index in [0.29, 0.717) is 12.2 Å². The van der Waals surface area contributed by atoms with Crippen molar-refractivity contribution in [3.05, 3.63) is 71.5 Å². The van der Waals surface area contributed by atoms with E-state index in [4.69, 9.17) is 10.5 Å². The van der Waals surface area contributed by atoms with Crippen LogP contribution < -0.4 is 5.73 Å². The summed E-state index contributed by atoms with van der Waals surface area (Å²) >= 11 is 0. The Morgan fingerprint density at radius 2 is 1.54 bits per heavy atom. The van der Waals surface area contributed by atoms with E-state index in [-0.39, 0.29) is 5.91 Å². The van der Waals surface area contributed by atoms with Gasteiger partial charge in [0.1, 0.15) is 0 Å². The zero-order chi connectivity index (χ0) is 20.1. The van der Waals surface area contributed by atoms with Gasteiger partial charge in [-0.1, -0.05) is 54.6 Å². The Kier molecular flexibility index (Phi) is 6.32. The van der Waals surface area contributed by atoms with E-state index in [9.17, 15) is 4.79 Å². The molecular formula is C24H28N2O2. The molecule has 146 valence electrons. The predicted octanol–water partition coefficient (Wildman–Crippen LogP) is 4.96. The highest BCUT2D eigenvalue weighted by Gasteiger charge is 2.22. The quantitative estimate of drug-likeness (QED) is 0.565. The largest absolute Gasteiger partial charge is 0.382 e. The molecule has 3 aromatic rings. The van der Waals surface area contributed by atoms with Gasteiger partial charge in [-0.05, 0) is 43.9 Å². The van der Waals surface area contributed by atoms with Gasteiger partial charge < -0.3 is 15.0 Å². The van der Waals surface area contributed by atoms with Crippen molar-refractivity contribution in [1.82, 2.24) is 4.57 Å². The van der Waals surface area contributed by atoms with Crippen molar-refractivity contribution in [2.45, 2.75) is 33.7 Å². The fourth-order valence-corrected chi connectivity index (χ4v) is 3.80. The molecule has 0 saturated heterocycles. The number of amides is 1. The van der Waals surface area contributed by atoms with Crippen LogP contribution in [-0.4, -0.2) is 23.7 Å². The van der Waals surface area contributed by atoms with Gasteiger partial charge in [-0.3, -0.25) is 4.79 Å². The standard InChI is InChI=1S/C24H28N2O2/c1-4-28-16-8-15-26-17(2)22(23(18(26)3)24(25)27)21-13-11-20(12-14-21)19-9-6-5-7-10-19/h5-7,9-14H,4,8,15-16H2,1-3H3,(H2,25,27). The van der Waals surface area contributed by atoms with Gasteiger partial charge in [0, 0.05) is 36.7 Å². The Morgan fingerprint density at radius 1 is 0.929 bits per heavy atom. The molecule has 4 heteroatoms. The number of nitrogens with zero attached hydrogens (tertiary/aromatic N) is 1. The van der Waals surface area contributed by atoms with Crippen molar-refractivity contribution in [2.24, 2.45) is 5.73 Å². The van der Waals surface area contributed by atoms with Crippen molar-refractivity contribution in [2.75, 3.05) is 13.2 Å². The highest BCUT2D eigenvalue weighted by atomic mass is 16.5. The van der Waals surface area contributed by atoms with E-state index in [0.717, 1.165) is 47.7 Å². The Morgan fingerprint density at radius 3 is 2.14 bits per heavy atom. The molecule has 0 bridgehead atoms. The maximum atomic E-state index is 12.2. The average molecular weight is 377 g/mol. The summed E-state index contributed by atoms with van der Waals surface area (Å²) in [4.78, 5) is 12.2. The molecule has 0 aliphatic rings. The topological polar surface area (TPSA) is 57.2 Å². The Balaban J connectivity index is 1.97. The molecule has 0 radical (unpaired) electrons. The van der Waals surface area contributed by atoms with Gasteiger partial charge in [0.05, 0.1) is 5.56 Å². The van der Waals surface area contributed by atoms with E-state index < -0.39 is 0 Å². The Bertz CT molecular complexity index is 941. The summed E-state index contributed by atoms with van der Waals surface area (Å²) in [6.07, 6.45) is 0.898. The number of hydrogen-bond acceptors (Lipinski definition) is 2. The first-order chi connectivity index (χ1) is 13.5. The molecule has 0 fully saturated rings. The van der Waals surface area contributed by atoms with Crippen LogP contribution in [0.4, 0.5) is 0 Å². The molecule has 2 N–H and O–H groups in total. The van der Waals surface area contributed by atoms with Gasteiger partial charge in [-0.25, -0.2) is 0 Å². The molecule has 4 nitrogen and oxygen atoms in total. The zero-order valence-electron chi connectivity index (χ0n) is 16.9. The minimum atomic E-state index is -0.383. The van der Waals surface area contributed by atoms with Crippen LogP contribution in [0.2, 0.25) is 0 Å². The first kappa shape index (κ1) is 19.9. The molecule has 1 heterocycles. The van der Waals surface area contributed by atoms with E-state index in [2.05, 4.69) is 47.9 Å². The molecule has 0 saturated carbocycles. The summed E-state index contributed by atoms with van der Waals surface area (Å²) in [6.45, 7) is 8.25. The predicted molar refractivity (Wildman–Crippen MR) is 114 cm³/mol. The second kappa shape index (κ2) is 8.89. The van der Waals surface area contributed by atoms with Crippen molar-refractivity contribution in [1.29, 1.82) is 0 Å². The molecule has 1 aromatic heterocycles. The molecule has 2 aromatic carbocycles. The molecule has 0 aliphatic heterocycles. The van der Waals surface area contributed by atoms with Crippen LogP contribution in [0.3, 0.4) is 0 Å². The molecule has 28 heavy (non-hydrogen) atoms. The molecule has 0 unspecified atom stereocenters. The number of hydrogen-bond donors (Lipinski definition) is 1. The normalized spacial score (nSPS) is 11.0. The minimum Gasteiger partial charge on any atom is -0.382 e. The highest BCUT2D eigenvalue weighted by molar-refractivity contribution is 6.02. The number of benzene rings is 2. The maximum Gasteiger partial charge on any atom is 0.251 e. The molecule has 0 atom stereocenters. The van der Waals surface area contributed by atoms with Crippen LogP contribution in [0.5, 0.6) is 0 Å². The van der Waals surface area contributed by atoms with Crippen LogP contribution in [-0.2, 0) is 11.3 Å². The smallest absolute Gasteiger partial charge is 0.251 e. The highest BCUT2D eigenvalue weighted by Crippen LogP contribution is 2.33. The molecule has 0 spiro atoms. The summed E-state index contributed by atoms with van der Waals surface area (Å²) in [6, 6.07) is 18.6. The van der Waals surface area contributed by atoms with Crippen molar-refractivity contribution in [3.8, 4) is 22.3 Å². The van der Waals surface area contributed by atoms with Crippen molar-refractivity contribution < 1.29 is 9.53 Å². The van der Waals surface area contributed by atoms with Gasteiger partial charge in [0.15, 0.2) is 0 Å². The third-order valence-electron chi connectivity index (χ3n) is 5.18.